The monoisotopic (exact) mass is 458 g/mol. The van der Waals surface area contributed by atoms with Crippen molar-refractivity contribution < 1.29 is 14.8 Å². The molecule has 2 aliphatic rings. The molecule has 3 N–H and O–H groups in total. The van der Waals surface area contributed by atoms with Crippen molar-refractivity contribution in [2.24, 2.45) is 11.8 Å². The average molecular weight is 459 g/mol. The van der Waals surface area contributed by atoms with Crippen LogP contribution in [-0.2, 0) is 11.2 Å². The van der Waals surface area contributed by atoms with Gasteiger partial charge in [-0.2, -0.15) is 0 Å². The van der Waals surface area contributed by atoms with E-state index in [0.717, 1.165) is 35.1 Å². The number of rotatable bonds is 7. The van der Waals surface area contributed by atoms with Crippen molar-refractivity contribution in [1.82, 2.24) is 20.7 Å². The fraction of sp³-hybridized carbons (Fsp3) is 0.370. The molecule has 34 heavy (non-hydrogen) atoms. The van der Waals surface area contributed by atoms with Crippen LogP contribution in [0.3, 0.4) is 0 Å². The number of carbonyl (C=O) groups is 2. The van der Waals surface area contributed by atoms with Gasteiger partial charge in [-0.05, 0) is 67.5 Å². The molecule has 2 fully saturated rings. The van der Waals surface area contributed by atoms with E-state index < -0.39 is 11.8 Å². The van der Waals surface area contributed by atoms with Gasteiger partial charge in [-0.3, -0.25) is 19.8 Å². The van der Waals surface area contributed by atoms with Gasteiger partial charge in [-0.1, -0.05) is 30.3 Å². The van der Waals surface area contributed by atoms with Crippen LogP contribution in [0.15, 0.2) is 54.6 Å². The van der Waals surface area contributed by atoms with E-state index in [1.54, 1.807) is 5.48 Å². The van der Waals surface area contributed by atoms with Crippen LogP contribution in [0.25, 0.3) is 10.9 Å². The molecule has 2 amide bonds. The summed E-state index contributed by atoms with van der Waals surface area (Å²) >= 11 is 0. The number of nitrogens with zero attached hydrogens (tertiary/aromatic N) is 2. The molecule has 0 spiro atoms. The van der Waals surface area contributed by atoms with Crippen LogP contribution >= 0.6 is 0 Å². The lowest BCUT2D eigenvalue weighted by molar-refractivity contribution is -0.133. The van der Waals surface area contributed by atoms with Gasteiger partial charge in [-0.25, -0.2) is 5.48 Å². The molecule has 1 aliphatic heterocycles. The zero-order valence-corrected chi connectivity index (χ0v) is 19.3. The van der Waals surface area contributed by atoms with Gasteiger partial charge in [-0.15, -0.1) is 0 Å². The minimum absolute atomic E-state index is 0.203. The second-order valence-electron chi connectivity index (χ2n) is 9.64. The molecule has 1 aromatic heterocycles. The zero-order chi connectivity index (χ0) is 23.7. The molecule has 1 aliphatic carbocycles. The van der Waals surface area contributed by atoms with Gasteiger partial charge < -0.3 is 10.2 Å². The predicted molar refractivity (Wildman–Crippen MR) is 130 cm³/mol. The molecule has 7 nitrogen and oxygen atoms in total. The number of hydrogen-bond donors (Lipinski definition) is 3. The Morgan fingerprint density at radius 3 is 2.59 bits per heavy atom. The molecule has 2 atom stereocenters. The predicted octanol–water partition coefficient (Wildman–Crippen LogP) is 3.08. The number of hydroxylamine groups is 1. The lowest BCUT2D eigenvalue weighted by Crippen LogP contribution is -2.45. The molecule has 0 bridgehead atoms. The Balaban J connectivity index is 1.27. The Labute approximate surface area is 199 Å². The molecule has 0 radical (unpaired) electrons. The van der Waals surface area contributed by atoms with Gasteiger partial charge in [0, 0.05) is 36.3 Å². The van der Waals surface area contributed by atoms with Crippen LogP contribution in [-0.4, -0.2) is 52.6 Å². The van der Waals surface area contributed by atoms with Gasteiger partial charge in [0.05, 0.1) is 17.5 Å². The van der Waals surface area contributed by atoms with Crippen molar-refractivity contribution in [1.29, 1.82) is 0 Å². The number of aromatic nitrogens is 1. The second kappa shape index (κ2) is 9.52. The number of benzene rings is 2. The lowest BCUT2D eigenvalue weighted by atomic mass is 9.99. The van der Waals surface area contributed by atoms with E-state index in [2.05, 4.69) is 27.3 Å². The van der Waals surface area contributed by atoms with Gasteiger partial charge in [0.1, 0.15) is 0 Å². The topological polar surface area (TPSA) is 94.6 Å². The van der Waals surface area contributed by atoms with Gasteiger partial charge in [0.15, 0.2) is 0 Å². The van der Waals surface area contributed by atoms with E-state index in [4.69, 9.17) is 5.21 Å². The van der Waals surface area contributed by atoms with Crippen LogP contribution in [0.2, 0.25) is 0 Å². The second-order valence-corrected chi connectivity index (χ2v) is 9.64. The summed E-state index contributed by atoms with van der Waals surface area (Å²) in [5.74, 6) is -0.416. The molecule has 176 valence electrons. The summed E-state index contributed by atoms with van der Waals surface area (Å²) < 4.78 is 0. The minimum Gasteiger partial charge on any atom is -0.347 e. The summed E-state index contributed by atoms with van der Waals surface area (Å²) in [5, 5.41) is 13.3. The first-order valence-electron chi connectivity index (χ1n) is 11.9. The Bertz CT molecular complexity index is 1210. The largest absolute Gasteiger partial charge is 0.347 e. The SMILES string of the molecule is Cc1cc(Cc2ccc(C(=O)N[C@@H]3CN(CC4CC4)C[C@@H]3C(=O)NO)cc2)c2ccccc2n1. The summed E-state index contributed by atoms with van der Waals surface area (Å²) in [6.45, 7) is 4.11. The third-order valence-corrected chi connectivity index (χ3v) is 6.91. The molecule has 5 rings (SSSR count). The van der Waals surface area contributed by atoms with Crippen molar-refractivity contribution in [2.45, 2.75) is 32.2 Å². The quantitative estimate of drug-likeness (QED) is 0.374. The van der Waals surface area contributed by atoms with Crippen molar-refractivity contribution in [2.75, 3.05) is 19.6 Å². The Morgan fingerprint density at radius 2 is 1.85 bits per heavy atom. The van der Waals surface area contributed by atoms with E-state index in [0.29, 0.717) is 24.6 Å². The van der Waals surface area contributed by atoms with Crippen LogP contribution in [0.1, 0.15) is 40.0 Å². The van der Waals surface area contributed by atoms with Crippen LogP contribution in [0.5, 0.6) is 0 Å². The van der Waals surface area contributed by atoms with Crippen LogP contribution in [0.4, 0.5) is 0 Å². The minimum atomic E-state index is -0.463. The van der Waals surface area contributed by atoms with Crippen molar-refractivity contribution in [3.05, 3.63) is 77.0 Å². The van der Waals surface area contributed by atoms with Crippen LogP contribution in [0, 0.1) is 18.8 Å². The van der Waals surface area contributed by atoms with Crippen molar-refractivity contribution in [3.8, 4) is 0 Å². The Hall–Kier alpha value is -3.29. The summed E-state index contributed by atoms with van der Waals surface area (Å²) in [6, 6.07) is 17.5. The summed E-state index contributed by atoms with van der Waals surface area (Å²) in [6.07, 6.45) is 3.21. The van der Waals surface area contributed by atoms with Crippen molar-refractivity contribution in [3.63, 3.8) is 0 Å². The number of pyridine rings is 1. The van der Waals surface area contributed by atoms with Gasteiger partial charge >= 0.3 is 0 Å². The zero-order valence-electron chi connectivity index (χ0n) is 19.3. The van der Waals surface area contributed by atoms with E-state index in [1.807, 2.05) is 49.4 Å². The number of amides is 2. The van der Waals surface area contributed by atoms with Crippen LogP contribution < -0.4 is 10.8 Å². The van der Waals surface area contributed by atoms with E-state index >= 15 is 0 Å². The highest BCUT2D eigenvalue weighted by Crippen LogP contribution is 2.31. The third-order valence-electron chi connectivity index (χ3n) is 6.91. The first-order valence-corrected chi connectivity index (χ1v) is 11.9. The fourth-order valence-corrected chi connectivity index (χ4v) is 4.98. The molecule has 7 heteroatoms. The number of fused-ring (bicyclic) bond motifs is 1. The number of para-hydroxylation sites is 1. The normalized spacial score (nSPS) is 20.4. The first-order chi connectivity index (χ1) is 16.5. The smallest absolute Gasteiger partial charge is 0.251 e. The highest BCUT2D eigenvalue weighted by atomic mass is 16.5. The number of hydrogen-bond acceptors (Lipinski definition) is 5. The van der Waals surface area contributed by atoms with E-state index in [-0.39, 0.29) is 11.9 Å². The standard InChI is InChI=1S/C27H30N4O3/c1-17-12-21(22-4-2-3-5-24(22)28-17)13-18-8-10-20(11-9-18)26(32)29-25-16-31(14-19-6-7-19)15-23(25)27(33)30-34/h2-5,8-12,19,23,25,34H,6-7,13-16H2,1H3,(H,29,32)(H,30,33)/t23-,25+/m0/s1. The maximum Gasteiger partial charge on any atom is 0.251 e. The van der Waals surface area contributed by atoms with Crippen molar-refractivity contribution >= 4 is 22.7 Å². The molecule has 3 aromatic rings. The maximum absolute atomic E-state index is 13.0. The lowest BCUT2D eigenvalue weighted by Gasteiger charge is -2.18. The molecule has 1 saturated heterocycles. The number of aryl methyl sites for hydroxylation is 1. The summed E-state index contributed by atoms with van der Waals surface area (Å²) in [4.78, 5) is 32.0. The molecular formula is C27H30N4O3. The molecule has 0 unspecified atom stereocenters. The Kier molecular flexibility index (Phi) is 6.30. The maximum atomic E-state index is 13.0. The van der Waals surface area contributed by atoms with E-state index in [1.165, 1.54) is 18.4 Å². The number of nitrogens with one attached hydrogen (secondary N) is 2. The third kappa shape index (κ3) is 4.95. The molecule has 2 heterocycles. The molecule has 2 aromatic carbocycles. The highest BCUT2D eigenvalue weighted by Gasteiger charge is 2.40. The highest BCUT2D eigenvalue weighted by molar-refractivity contribution is 5.95. The fourth-order valence-electron chi connectivity index (χ4n) is 4.98. The number of carbonyl (C=O) groups excluding carboxylic acids is 2. The average Bonchev–Trinajstić information content (AvgIpc) is 3.57. The summed E-state index contributed by atoms with van der Waals surface area (Å²) in [5.41, 5.74) is 6.62. The van der Waals surface area contributed by atoms with Gasteiger partial charge in [0.25, 0.3) is 5.91 Å². The van der Waals surface area contributed by atoms with E-state index in [9.17, 15) is 9.59 Å². The van der Waals surface area contributed by atoms with Gasteiger partial charge in [0.2, 0.25) is 5.91 Å². The molecule has 1 saturated carbocycles. The summed E-state index contributed by atoms with van der Waals surface area (Å²) in [7, 11) is 0. The Morgan fingerprint density at radius 1 is 1.09 bits per heavy atom. The first kappa shape index (κ1) is 22.5. The number of likely N-dealkylation sites (tertiary alicyclic amines) is 1. The molecular weight excluding hydrogens is 428 g/mol.